The highest BCUT2D eigenvalue weighted by atomic mass is 15.4. The van der Waals surface area contributed by atoms with Crippen molar-refractivity contribution in [1.82, 2.24) is 35.0 Å². The number of piperazine rings is 1. The van der Waals surface area contributed by atoms with Gasteiger partial charge in [0.05, 0.1) is 11.7 Å². The number of nitrogens with one attached hydrogen (secondary N) is 2. The van der Waals surface area contributed by atoms with Gasteiger partial charge in [-0.15, -0.1) is 5.10 Å². The van der Waals surface area contributed by atoms with Gasteiger partial charge in [-0.25, -0.2) is 19.6 Å². The zero-order chi connectivity index (χ0) is 20.1. The molecule has 1 aromatic carbocycles. The van der Waals surface area contributed by atoms with Crippen LogP contribution in [0.5, 0.6) is 0 Å². The third kappa shape index (κ3) is 2.86. The maximum absolute atomic E-state index is 4.83. The Morgan fingerprint density at radius 3 is 2.83 bits per heavy atom. The molecule has 4 aromatic rings. The summed E-state index contributed by atoms with van der Waals surface area (Å²) in [6, 6.07) is 11.2. The van der Waals surface area contributed by atoms with Gasteiger partial charge in [0.25, 0.3) is 0 Å². The molecule has 9 nitrogen and oxygen atoms in total. The molecule has 2 N–H and O–H groups in total. The van der Waals surface area contributed by atoms with E-state index in [2.05, 4.69) is 25.5 Å². The van der Waals surface area contributed by atoms with Crippen molar-refractivity contribution >= 4 is 28.4 Å². The van der Waals surface area contributed by atoms with E-state index in [-0.39, 0.29) is 0 Å². The van der Waals surface area contributed by atoms with E-state index in [4.69, 9.17) is 15.1 Å². The second-order valence-electron chi connectivity index (χ2n) is 7.77. The molecule has 9 heteroatoms. The molecule has 0 amide bonds. The van der Waals surface area contributed by atoms with Gasteiger partial charge in [0.15, 0.2) is 11.6 Å². The number of fused-ring (bicyclic) bond motifs is 3. The van der Waals surface area contributed by atoms with Crippen molar-refractivity contribution in [3.63, 3.8) is 0 Å². The Kier molecular flexibility index (Phi) is 3.88. The van der Waals surface area contributed by atoms with Gasteiger partial charge in [-0.2, -0.15) is 0 Å². The number of aryl methyl sites for hydroxylation is 1. The highest BCUT2D eigenvalue weighted by Crippen LogP contribution is 2.31. The van der Waals surface area contributed by atoms with Gasteiger partial charge in [-0.3, -0.25) is 4.98 Å². The molecule has 30 heavy (non-hydrogen) atoms. The number of benzene rings is 1. The first-order valence-corrected chi connectivity index (χ1v) is 10.1. The molecular formula is C21H21N9. The fraction of sp³-hybridized carbons (Fsp3) is 0.286. The van der Waals surface area contributed by atoms with Crippen LogP contribution in [0.3, 0.4) is 0 Å². The van der Waals surface area contributed by atoms with Crippen LogP contribution in [-0.4, -0.2) is 54.9 Å². The molecule has 3 aromatic heterocycles. The van der Waals surface area contributed by atoms with Crippen molar-refractivity contribution in [1.29, 1.82) is 0 Å². The van der Waals surface area contributed by atoms with E-state index in [1.807, 2.05) is 41.9 Å². The molecule has 6 rings (SSSR count). The predicted octanol–water partition coefficient (Wildman–Crippen LogP) is 2.21. The van der Waals surface area contributed by atoms with Crippen LogP contribution in [0.15, 0.2) is 48.9 Å². The fourth-order valence-corrected chi connectivity index (χ4v) is 4.45. The third-order valence-electron chi connectivity index (χ3n) is 5.78. The lowest BCUT2D eigenvalue weighted by atomic mass is 10.2. The molecule has 2 fully saturated rings. The van der Waals surface area contributed by atoms with Gasteiger partial charge in [0, 0.05) is 49.0 Å². The number of hydrogen-bond donors (Lipinski definition) is 2. The maximum Gasteiger partial charge on any atom is 0.162 e. The molecule has 0 saturated carbocycles. The minimum Gasteiger partial charge on any atom is -0.351 e. The first-order valence-electron chi connectivity index (χ1n) is 10.1. The summed E-state index contributed by atoms with van der Waals surface area (Å²) in [6.07, 6.45) is 6.15. The number of anilines is 3. The molecule has 2 aliphatic heterocycles. The third-order valence-corrected chi connectivity index (χ3v) is 5.78. The van der Waals surface area contributed by atoms with Crippen LogP contribution < -0.4 is 15.5 Å². The topological polar surface area (TPSA) is 96.7 Å². The predicted molar refractivity (Wildman–Crippen MR) is 114 cm³/mol. The van der Waals surface area contributed by atoms with Crippen LogP contribution in [0.4, 0.5) is 17.5 Å². The molecular weight excluding hydrogens is 378 g/mol. The number of rotatable bonds is 4. The highest BCUT2D eigenvalue weighted by Gasteiger charge is 2.38. The van der Waals surface area contributed by atoms with Gasteiger partial charge >= 0.3 is 0 Å². The lowest BCUT2D eigenvalue weighted by Gasteiger charge is -2.28. The van der Waals surface area contributed by atoms with Crippen LogP contribution >= 0.6 is 0 Å². The summed E-state index contributed by atoms with van der Waals surface area (Å²) in [5.41, 5.74) is 0.970. The molecule has 0 radical (unpaired) electrons. The molecule has 0 spiro atoms. The van der Waals surface area contributed by atoms with Crippen LogP contribution in [0.2, 0.25) is 0 Å². The minimum atomic E-state index is 0.500. The Labute approximate surface area is 173 Å². The van der Waals surface area contributed by atoms with Gasteiger partial charge in [0.2, 0.25) is 0 Å². The van der Waals surface area contributed by atoms with Crippen molar-refractivity contribution in [2.24, 2.45) is 0 Å². The van der Waals surface area contributed by atoms with Crippen molar-refractivity contribution in [2.45, 2.75) is 25.4 Å². The molecule has 0 aliphatic carbocycles. The zero-order valence-corrected chi connectivity index (χ0v) is 16.5. The first kappa shape index (κ1) is 17.3. The maximum atomic E-state index is 4.83. The molecule has 2 bridgehead atoms. The SMILES string of the molecule is Cc1nc(N2C[C@@H]3C[C@H]2CN3)cc(-n2nc(Nc3cnccn3)c3ccccc32)n1. The van der Waals surface area contributed by atoms with Crippen LogP contribution in [0.25, 0.3) is 16.7 Å². The summed E-state index contributed by atoms with van der Waals surface area (Å²) in [4.78, 5) is 20.2. The first-order chi connectivity index (χ1) is 14.7. The lowest BCUT2D eigenvalue weighted by molar-refractivity contribution is 0.575. The normalized spacial score (nSPS) is 20.2. The van der Waals surface area contributed by atoms with E-state index in [9.17, 15) is 0 Å². The Bertz CT molecular complexity index is 1220. The van der Waals surface area contributed by atoms with E-state index in [1.165, 1.54) is 6.42 Å². The largest absolute Gasteiger partial charge is 0.351 e. The lowest BCUT2D eigenvalue weighted by Crippen LogP contribution is -2.44. The molecule has 5 heterocycles. The summed E-state index contributed by atoms with van der Waals surface area (Å²) in [7, 11) is 0. The minimum absolute atomic E-state index is 0.500. The zero-order valence-electron chi connectivity index (χ0n) is 16.5. The summed E-state index contributed by atoms with van der Waals surface area (Å²) in [6.45, 7) is 3.93. The average molecular weight is 399 g/mol. The van der Waals surface area contributed by atoms with Crippen molar-refractivity contribution < 1.29 is 0 Å². The molecule has 150 valence electrons. The second kappa shape index (κ2) is 6.74. The summed E-state index contributed by atoms with van der Waals surface area (Å²) < 4.78 is 1.87. The Hall–Kier alpha value is -3.59. The average Bonchev–Trinajstić information content (AvgIpc) is 3.49. The highest BCUT2D eigenvalue weighted by molar-refractivity contribution is 5.92. The van der Waals surface area contributed by atoms with Gasteiger partial charge < -0.3 is 15.5 Å². The van der Waals surface area contributed by atoms with Crippen LogP contribution in [0, 0.1) is 6.92 Å². The smallest absolute Gasteiger partial charge is 0.162 e. The van der Waals surface area contributed by atoms with Crippen LogP contribution in [-0.2, 0) is 0 Å². The van der Waals surface area contributed by atoms with Gasteiger partial charge in [-0.05, 0) is 25.5 Å². The Morgan fingerprint density at radius 1 is 1.13 bits per heavy atom. The van der Waals surface area contributed by atoms with Crippen molar-refractivity contribution in [2.75, 3.05) is 23.3 Å². The summed E-state index contributed by atoms with van der Waals surface area (Å²) >= 11 is 0. The molecule has 2 saturated heterocycles. The van der Waals surface area contributed by atoms with Crippen LogP contribution in [0.1, 0.15) is 12.2 Å². The Balaban J connectivity index is 1.44. The molecule has 2 atom stereocenters. The number of hydrogen-bond acceptors (Lipinski definition) is 8. The molecule has 0 unspecified atom stereocenters. The van der Waals surface area contributed by atoms with E-state index >= 15 is 0 Å². The second-order valence-corrected chi connectivity index (χ2v) is 7.77. The summed E-state index contributed by atoms with van der Waals surface area (Å²) in [5, 5.41) is 12.6. The van der Waals surface area contributed by atoms with Crippen molar-refractivity contribution in [3.8, 4) is 5.82 Å². The van der Waals surface area contributed by atoms with Gasteiger partial charge in [0.1, 0.15) is 17.5 Å². The van der Waals surface area contributed by atoms with E-state index in [1.54, 1.807) is 18.6 Å². The number of aromatic nitrogens is 6. The quantitative estimate of drug-likeness (QED) is 0.539. The number of nitrogens with zero attached hydrogens (tertiary/aromatic N) is 7. The van der Waals surface area contributed by atoms with E-state index in [0.29, 0.717) is 23.7 Å². The Morgan fingerprint density at radius 2 is 2.03 bits per heavy atom. The fourth-order valence-electron chi connectivity index (χ4n) is 4.45. The van der Waals surface area contributed by atoms with Crippen molar-refractivity contribution in [3.05, 3.63) is 54.7 Å². The molecule has 2 aliphatic rings. The monoisotopic (exact) mass is 399 g/mol. The summed E-state index contributed by atoms with van der Waals surface area (Å²) in [5.74, 6) is 3.83. The van der Waals surface area contributed by atoms with E-state index < -0.39 is 0 Å². The van der Waals surface area contributed by atoms with E-state index in [0.717, 1.165) is 41.5 Å². The van der Waals surface area contributed by atoms with Gasteiger partial charge in [-0.1, -0.05) is 12.1 Å². The standard InChI is InChI=1S/C21H21N9/c1-13-25-19(29-12-14-8-15(29)10-24-14)9-20(26-13)30-17-5-3-2-4-16(17)21(28-30)27-18-11-22-6-7-23-18/h2-7,9,11,14-15,24H,8,10,12H2,1H3,(H,23,27,28)/t14-,15-/m0/s1. The number of para-hydroxylation sites is 1.